The molecular formula is C46H28O10. The summed E-state index contributed by atoms with van der Waals surface area (Å²) in [7, 11) is 0. The highest BCUT2D eigenvalue weighted by atomic mass is 16.4. The molecule has 0 amide bonds. The Kier molecular flexibility index (Phi) is 6.71. The van der Waals surface area contributed by atoms with E-state index in [0.717, 1.165) is 21.7 Å². The van der Waals surface area contributed by atoms with Gasteiger partial charge in [-0.25, -0.2) is 0 Å². The van der Waals surface area contributed by atoms with Crippen molar-refractivity contribution >= 4 is 65.0 Å². The largest absolute Gasteiger partial charge is 0.507 e. The molecule has 0 aliphatic rings. The molecule has 10 heteroatoms. The van der Waals surface area contributed by atoms with Gasteiger partial charge in [-0.05, 0) is 62.5 Å². The van der Waals surface area contributed by atoms with E-state index in [1.807, 2.05) is 66.7 Å². The van der Waals surface area contributed by atoms with E-state index in [9.17, 15) is 46.0 Å². The van der Waals surface area contributed by atoms with Crippen LogP contribution in [-0.4, -0.2) is 46.0 Å². The highest BCUT2D eigenvalue weighted by molar-refractivity contribution is 6.31. The van der Waals surface area contributed by atoms with Crippen LogP contribution in [0.4, 0.5) is 0 Å². The highest BCUT2D eigenvalue weighted by Crippen LogP contribution is 2.63. The van der Waals surface area contributed by atoms with Crippen LogP contribution in [-0.2, 0) is 0 Å². The molecule has 272 valence electrons. The summed E-state index contributed by atoms with van der Waals surface area (Å²) in [5.41, 5.74) is 2.32. The Balaban J connectivity index is 1.44. The molecular weight excluding hydrogens is 712 g/mol. The van der Waals surface area contributed by atoms with Crippen LogP contribution < -0.4 is 0 Å². The third-order valence-electron chi connectivity index (χ3n) is 10.8. The van der Waals surface area contributed by atoms with Gasteiger partial charge in [0.25, 0.3) is 0 Å². The average molecular weight is 741 g/mol. The van der Waals surface area contributed by atoms with Gasteiger partial charge in [0.1, 0.15) is 16.9 Å². The lowest BCUT2D eigenvalue weighted by molar-refractivity contribution is 0.350. The van der Waals surface area contributed by atoms with E-state index >= 15 is 0 Å². The SMILES string of the molecule is Oc1cc(-c2cccc3ccccc23)c2ccccc2c1-c1c2c(O)c(O)c(O)c(O)c2c(-c2ccc3oc4ccccc4c3c2)c2c(O)c(O)c(O)c(O)c12. The zero-order valence-electron chi connectivity index (χ0n) is 28.9. The average Bonchev–Trinajstić information content (AvgIpc) is 3.60. The summed E-state index contributed by atoms with van der Waals surface area (Å²) in [6.07, 6.45) is 0. The maximum Gasteiger partial charge on any atom is 0.204 e. The van der Waals surface area contributed by atoms with E-state index in [0.29, 0.717) is 32.9 Å². The third-order valence-corrected chi connectivity index (χ3v) is 10.8. The molecule has 1 aromatic heterocycles. The molecule has 10 rings (SSSR count). The molecule has 10 nitrogen and oxygen atoms in total. The standard InChI is InChI=1S/C46H28O10/c47-29-19-27(23-14-7-9-20-8-1-2-10-22(20)23)24-11-3-4-13-26(24)33(29)34-37-35(39(48)43(52)45(54)41(37)50)32(36-38(34)42(51)46(55)44(53)40(36)49)21-16-17-31-28(18-21)25-12-5-6-15-30(25)56-31/h1-19,47-55H. The van der Waals surface area contributed by atoms with Crippen molar-refractivity contribution in [2.24, 2.45) is 0 Å². The Morgan fingerprint density at radius 3 is 1.46 bits per heavy atom. The first-order valence-corrected chi connectivity index (χ1v) is 17.5. The fourth-order valence-corrected chi connectivity index (χ4v) is 8.35. The van der Waals surface area contributed by atoms with E-state index in [-0.39, 0.29) is 49.5 Å². The van der Waals surface area contributed by atoms with E-state index in [1.54, 1.807) is 42.5 Å². The van der Waals surface area contributed by atoms with Crippen molar-refractivity contribution in [2.75, 3.05) is 0 Å². The molecule has 0 saturated carbocycles. The van der Waals surface area contributed by atoms with Crippen molar-refractivity contribution < 1.29 is 50.4 Å². The van der Waals surface area contributed by atoms with Gasteiger partial charge in [0.15, 0.2) is 23.0 Å². The van der Waals surface area contributed by atoms with Gasteiger partial charge in [0.05, 0.1) is 0 Å². The summed E-state index contributed by atoms with van der Waals surface area (Å²) in [5, 5.41) is 107. The van der Waals surface area contributed by atoms with Crippen LogP contribution in [0.25, 0.3) is 98.4 Å². The van der Waals surface area contributed by atoms with Crippen LogP contribution in [0, 0.1) is 0 Å². The number of fused-ring (bicyclic) bond motifs is 7. The third kappa shape index (κ3) is 4.26. The summed E-state index contributed by atoms with van der Waals surface area (Å²) in [6, 6.07) is 34.2. The summed E-state index contributed by atoms with van der Waals surface area (Å²) < 4.78 is 6.02. The van der Waals surface area contributed by atoms with Gasteiger partial charge in [0.2, 0.25) is 23.0 Å². The molecule has 56 heavy (non-hydrogen) atoms. The van der Waals surface area contributed by atoms with Crippen molar-refractivity contribution in [3.8, 4) is 85.1 Å². The van der Waals surface area contributed by atoms with Crippen LogP contribution in [0.2, 0.25) is 0 Å². The molecule has 0 bridgehead atoms. The molecule has 0 fully saturated rings. The number of hydrogen-bond donors (Lipinski definition) is 9. The van der Waals surface area contributed by atoms with Crippen molar-refractivity contribution in [3.63, 3.8) is 0 Å². The minimum absolute atomic E-state index is 0.0398. The number of benzene rings is 9. The monoisotopic (exact) mass is 740 g/mol. The summed E-state index contributed by atoms with van der Waals surface area (Å²) in [5.74, 6) is -8.53. The van der Waals surface area contributed by atoms with Gasteiger partial charge in [-0.1, -0.05) is 91.0 Å². The number of rotatable bonds is 3. The minimum atomic E-state index is -1.11. The highest BCUT2D eigenvalue weighted by Gasteiger charge is 2.34. The second-order valence-electron chi connectivity index (χ2n) is 13.7. The minimum Gasteiger partial charge on any atom is -0.507 e. The maximum atomic E-state index is 12.2. The second kappa shape index (κ2) is 11.5. The van der Waals surface area contributed by atoms with E-state index in [4.69, 9.17) is 4.42 Å². The van der Waals surface area contributed by atoms with Gasteiger partial charge < -0.3 is 50.4 Å². The number of aromatic hydroxyl groups is 9. The van der Waals surface area contributed by atoms with Gasteiger partial charge in [0, 0.05) is 49.0 Å². The molecule has 0 atom stereocenters. The number of phenols is 9. The van der Waals surface area contributed by atoms with E-state index in [1.165, 1.54) is 6.07 Å². The smallest absolute Gasteiger partial charge is 0.204 e. The predicted molar refractivity (Wildman–Crippen MR) is 215 cm³/mol. The lowest BCUT2D eigenvalue weighted by atomic mass is 9.81. The zero-order chi connectivity index (χ0) is 38.7. The fraction of sp³-hybridized carbons (Fsp3) is 0. The molecule has 0 unspecified atom stereocenters. The predicted octanol–water partition coefficient (Wildman–Crippen LogP) is 10.6. The quantitative estimate of drug-likeness (QED) is 0.0478. The number of furan rings is 1. The Morgan fingerprint density at radius 2 is 0.821 bits per heavy atom. The Labute approximate surface area is 315 Å². The van der Waals surface area contributed by atoms with Gasteiger partial charge >= 0.3 is 0 Å². The van der Waals surface area contributed by atoms with Gasteiger partial charge in [-0.3, -0.25) is 0 Å². The lowest BCUT2D eigenvalue weighted by Crippen LogP contribution is -1.96. The normalized spacial score (nSPS) is 11.9. The Morgan fingerprint density at radius 1 is 0.321 bits per heavy atom. The lowest BCUT2D eigenvalue weighted by Gasteiger charge is -2.24. The van der Waals surface area contributed by atoms with Gasteiger partial charge in [-0.2, -0.15) is 0 Å². The van der Waals surface area contributed by atoms with Crippen LogP contribution in [0.5, 0.6) is 51.7 Å². The van der Waals surface area contributed by atoms with Crippen molar-refractivity contribution in [1.82, 2.24) is 0 Å². The molecule has 9 N–H and O–H groups in total. The molecule has 9 aromatic carbocycles. The molecule has 0 radical (unpaired) electrons. The molecule has 1 heterocycles. The number of para-hydroxylation sites is 1. The van der Waals surface area contributed by atoms with Gasteiger partial charge in [-0.15, -0.1) is 0 Å². The first-order valence-electron chi connectivity index (χ1n) is 17.5. The summed E-state index contributed by atoms with van der Waals surface area (Å²) in [4.78, 5) is 0. The van der Waals surface area contributed by atoms with Crippen molar-refractivity contribution in [2.45, 2.75) is 0 Å². The van der Waals surface area contributed by atoms with Crippen molar-refractivity contribution in [1.29, 1.82) is 0 Å². The van der Waals surface area contributed by atoms with Crippen molar-refractivity contribution in [3.05, 3.63) is 115 Å². The summed E-state index contributed by atoms with van der Waals surface area (Å²) in [6.45, 7) is 0. The number of phenolic OH excluding ortho intramolecular Hbond substituents is 9. The molecule has 0 aliphatic carbocycles. The molecule has 0 aliphatic heterocycles. The van der Waals surface area contributed by atoms with Crippen LogP contribution in [0.15, 0.2) is 120 Å². The maximum absolute atomic E-state index is 12.2. The zero-order valence-corrected chi connectivity index (χ0v) is 28.9. The Hall–Kier alpha value is -7.98. The van der Waals surface area contributed by atoms with Crippen LogP contribution in [0.3, 0.4) is 0 Å². The van der Waals surface area contributed by atoms with E-state index in [2.05, 4.69) is 0 Å². The topological polar surface area (TPSA) is 195 Å². The first-order chi connectivity index (χ1) is 27.1. The molecule has 10 aromatic rings. The second-order valence-corrected chi connectivity index (χ2v) is 13.7. The van der Waals surface area contributed by atoms with Crippen LogP contribution in [0.1, 0.15) is 0 Å². The number of hydrogen-bond acceptors (Lipinski definition) is 10. The fourth-order valence-electron chi connectivity index (χ4n) is 8.35. The molecule has 0 saturated heterocycles. The van der Waals surface area contributed by atoms with Crippen LogP contribution >= 0.6 is 0 Å². The molecule has 0 spiro atoms. The van der Waals surface area contributed by atoms with E-state index < -0.39 is 46.0 Å². The Bertz CT molecular complexity index is 3280. The first kappa shape index (κ1) is 32.7. The summed E-state index contributed by atoms with van der Waals surface area (Å²) >= 11 is 0.